The maximum absolute atomic E-state index is 8.23. The van der Waals surface area contributed by atoms with Gasteiger partial charge in [-0.2, -0.15) is 0 Å². The van der Waals surface area contributed by atoms with Crippen molar-refractivity contribution >= 4 is 0 Å². The smallest absolute Gasteiger partial charge is 0.0243 e. The van der Waals surface area contributed by atoms with Gasteiger partial charge in [-0.25, -0.2) is 0 Å². The number of aryl methyl sites for hydroxylation is 1. The molecule has 0 heteroatoms. The van der Waals surface area contributed by atoms with Crippen LogP contribution in [0.3, 0.4) is 0 Å². The highest BCUT2D eigenvalue weighted by Gasteiger charge is 2.40. The molecule has 0 saturated heterocycles. The van der Waals surface area contributed by atoms with Gasteiger partial charge in [-0.1, -0.05) is 75.6 Å². The van der Waals surface area contributed by atoms with Crippen LogP contribution in [-0.4, -0.2) is 0 Å². The van der Waals surface area contributed by atoms with Crippen molar-refractivity contribution in [1.29, 1.82) is 0 Å². The first kappa shape index (κ1) is 7.28. The molecule has 0 nitrogen and oxygen atoms in total. The third-order valence-corrected chi connectivity index (χ3v) is 4.26. The van der Waals surface area contributed by atoms with Gasteiger partial charge < -0.3 is 0 Å². The third-order valence-electron chi connectivity index (χ3n) is 4.26. The van der Waals surface area contributed by atoms with Crippen molar-refractivity contribution in [3.05, 3.63) is 70.3 Å². The van der Waals surface area contributed by atoms with Crippen LogP contribution in [0.5, 0.6) is 0 Å². The molecule has 0 bridgehead atoms. The highest BCUT2D eigenvalue weighted by Crippen LogP contribution is 2.49. The van der Waals surface area contributed by atoms with Crippen molar-refractivity contribution in [3.63, 3.8) is 0 Å². The first-order valence-electron chi connectivity index (χ1n) is 9.57. The molecule has 1 aliphatic carbocycles. The molecule has 98 valence electrons. The van der Waals surface area contributed by atoms with Crippen LogP contribution in [0.4, 0.5) is 0 Å². The van der Waals surface area contributed by atoms with Gasteiger partial charge in [0.15, 0.2) is 0 Å². The van der Waals surface area contributed by atoms with E-state index in [1.54, 1.807) is 44.2 Å². The van der Waals surface area contributed by atoms with Crippen LogP contribution in [0.2, 0.25) is 0 Å². The fourth-order valence-electron chi connectivity index (χ4n) is 3.15. The van der Waals surface area contributed by atoms with Gasteiger partial charge in [-0.15, -0.1) is 0 Å². The molecule has 0 fully saturated rings. The van der Waals surface area contributed by atoms with E-state index in [9.17, 15) is 0 Å². The van der Waals surface area contributed by atoms with Gasteiger partial charge in [0.1, 0.15) is 0 Å². The van der Waals surface area contributed by atoms with E-state index >= 15 is 0 Å². The largest absolute Gasteiger partial charge is 0.0619 e. The molecule has 0 radical (unpaired) electrons. The standard InChI is InChI=1S/C19H22/c1-13-10-11-16-17(12-13)19(4,5)15-9-7-6-8-14(15)18(16,2)3/h6-12H,1-5H3/i2D3,4D3. The molecule has 0 heterocycles. The summed E-state index contributed by atoms with van der Waals surface area (Å²) in [6, 6.07) is 12.6. The van der Waals surface area contributed by atoms with E-state index in [2.05, 4.69) is 0 Å². The minimum absolute atomic E-state index is 0.574. The zero-order valence-corrected chi connectivity index (χ0v) is 11.5. The van der Waals surface area contributed by atoms with Crippen LogP contribution in [0.1, 0.15) is 63.6 Å². The van der Waals surface area contributed by atoms with Crippen LogP contribution >= 0.6 is 0 Å². The Bertz CT molecular complexity index is 833. The predicted octanol–water partition coefficient (Wildman–Crippen LogP) is 4.96. The van der Waals surface area contributed by atoms with E-state index in [4.69, 9.17) is 8.22 Å². The summed E-state index contributed by atoms with van der Waals surface area (Å²) in [5.41, 5.74) is 0.728. The van der Waals surface area contributed by atoms with E-state index in [1.165, 1.54) is 0 Å². The number of benzene rings is 2. The van der Waals surface area contributed by atoms with Crippen LogP contribution in [0, 0.1) is 6.92 Å². The SMILES string of the molecule is [2H]C([2H])([2H])C1(C)c2ccccc2C(C)(C([2H])([2H])[2H])c2cc(C)ccc21. The van der Waals surface area contributed by atoms with Gasteiger partial charge in [0.2, 0.25) is 0 Å². The normalized spacial score (nSPS) is 34.7. The molecule has 0 spiro atoms. The summed E-state index contributed by atoms with van der Waals surface area (Å²) in [7, 11) is 0. The average molecular weight is 256 g/mol. The Morgan fingerprint density at radius 2 is 1.32 bits per heavy atom. The van der Waals surface area contributed by atoms with E-state index in [0.717, 1.165) is 5.56 Å². The fourth-order valence-corrected chi connectivity index (χ4v) is 3.15. The monoisotopic (exact) mass is 256 g/mol. The number of hydrogen-bond acceptors (Lipinski definition) is 0. The topological polar surface area (TPSA) is 0 Å². The highest BCUT2D eigenvalue weighted by atomic mass is 14.4. The molecule has 0 aromatic heterocycles. The van der Waals surface area contributed by atoms with Crippen molar-refractivity contribution < 1.29 is 8.22 Å². The van der Waals surface area contributed by atoms with Crippen LogP contribution in [0.25, 0.3) is 0 Å². The Labute approximate surface area is 124 Å². The van der Waals surface area contributed by atoms with Crippen molar-refractivity contribution in [2.75, 3.05) is 0 Å². The Kier molecular flexibility index (Phi) is 1.43. The molecule has 0 amide bonds. The van der Waals surface area contributed by atoms with Crippen LogP contribution in [-0.2, 0) is 10.8 Å². The van der Waals surface area contributed by atoms with Gasteiger partial charge >= 0.3 is 0 Å². The quantitative estimate of drug-likeness (QED) is 0.625. The Balaban J connectivity index is 2.53. The van der Waals surface area contributed by atoms with E-state index < -0.39 is 24.5 Å². The van der Waals surface area contributed by atoms with Gasteiger partial charge in [-0.3, -0.25) is 0 Å². The lowest BCUT2D eigenvalue weighted by molar-refractivity contribution is 0.520. The molecule has 2 atom stereocenters. The van der Waals surface area contributed by atoms with Crippen LogP contribution in [0.15, 0.2) is 42.5 Å². The summed E-state index contributed by atoms with van der Waals surface area (Å²) in [5, 5.41) is 0. The van der Waals surface area contributed by atoms with Gasteiger partial charge in [0.25, 0.3) is 0 Å². The minimum atomic E-state index is -2.30. The molecular formula is C19H22. The summed E-state index contributed by atoms with van der Waals surface area (Å²) in [6.07, 6.45) is 0. The lowest BCUT2D eigenvalue weighted by Gasteiger charge is -2.44. The predicted molar refractivity (Wildman–Crippen MR) is 81.9 cm³/mol. The van der Waals surface area contributed by atoms with Gasteiger partial charge in [0, 0.05) is 19.1 Å². The van der Waals surface area contributed by atoms with Crippen LogP contribution < -0.4 is 0 Å². The summed E-state index contributed by atoms with van der Waals surface area (Å²) in [6.45, 7) is 0.695. The van der Waals surface area contributed by atoms with E-state index in [-0.39, 0.29) is 0 Å². The fraction of sp³-hybridized carbons (Fsp3) is 0.368. The summed E-state index contributed by atoms with van der Waals surface area (Å²) in [4.78, 5) is 0. The molecule has 1 aliphatic rings. The average Bonchev–Trinajstić information content (AvgIpc) is 2.50. The number of hydrogen-bond donors (Lipinski definition) is 0. The second-order valence-electron chi connectivity index (χ2n) is 5.84. The maximum atomic E-state index is 8.23. The Morgan fingerprint density at radius 3 is 1.89 bits per heavy atom. The first-order chi connectivity index (χ1) is 11.3. The van der Waals surface area contributed by atoms with Crippen molar-refractivity contribution in [1.82, 2.24) is 0 Å². The molecular weight excluding hydrogens is 228 g/mol. The molecule has 0 saturated carbocycles. The van der Waals surface area contributed by atoms with Gasteiger partial charge in [0.05, 0.1) is 0 Å². The Hall–Kier alpha value is -1.56. The number of rotatable bonds is 0. The molecule has 19 heavy (non-hydrogen) atoms. The van der Waals surface area contributed by atoms with Crippen molar-refractivity contribution in [3.8, 4) is 0 Å². The molecule has 2 aromatic carbocycles. The third kappa shape index (κ3) is 1.59. The molecule has 2 unspecified atom stereocenters. The maximum Gasteiger partial charge on any atom is 0.0243 e. The summed E-state index contributed by atoms with van der Waals surface area (Å²) < 4.78 is 49.3. The Morgan fingerprint density at radius 1 is 0.789 bits per heavy atom. The zero-order valence-electron chi connectivity index (χ0n) is 17.5. The first-order valence-corrected chi connectivity index (χ1v) is 6.57. The molecule has 0 aliphatic heterocycles. The van der Waals surface area contributed by atoms with Crippen molar-refractivity contribution in [2.24, 2.45) is 0 Å². The lowest BCUT2D eigenvalue weighted by atomic mass is 9.60. The summed E-state index contributed by atoms with van der Waals surface area (Å²) >= 11 is 0. The van der Waals surface area contributed by atoms with Gasteiger partial charge in [-0.05, 0) is 29.2 Å². The lowest BCUT2D eigenvalue weighted by Crippen LogP contribution is -2.36. The highest BCUT2D eigenvalue weighted by molar-refractivity contribution is 5.58. The second kappa shape index (κ2) is 3.72. The molecule has 0 N–H and O–H groups in total. The minimum Gasteiger partial charge on any atom is -0.0619 e. The van der Waals surface area contributed by atoms with E-state index in [1.807, 2.05) is 19.1 Å². The molecule has 2 aromatic rings. The zero-order chi connectivity index (χ0) is 18.8. The molecule has 3 rings (SSSR count). The second-order valence-corrected chi connectivity index (χ2v) is 5.84. The number of fused-ring (bicyclic) bond motifs is 2. The van der Waals surface area contributed by atoms with Crippen molar-refractivity contribution in [2.45, 2.75) is 45.3 Å². The summed E-state index contributed by atoms with van der Waals surface area (Å²) in [5.74, 6) is 0. The van der Waals surface area contributed by atoms with E-state index in [0.29, 0.717) is 22.3 Å².